The number of aryl methyl sites for hydroxylation is 1. The van der Waals surface area contributed by atoms with Gasteiger partial charge in [-0.3, -0.25) is 14.2 Å². The molecule has 4 rings (SSSR count). The lowest BCUT2D eigenvalue weighted by Crippen LogP contribution is -2.30. The van der Waals surface area contributed by atoms with Crippen molar-refractivity contribution in [3.63, 3.8) is 0 Å². The topological polar surface area (TPSA) is 101 Å². The first-order chi connectivity index (χ1) is 15.2. The number of hydrogen-bond acceptors (Lipinski definition) is 5. The molecule has 7 nitrogen and oxygen atoms in total. The third-order valence-electron chi connectivity index (χ3n) is 4.65. The van der Waals surface area contributed by atoms with Crippen LogP contribution in [-0.4, -0.2) is 26.5 Å². The molecule has 0 saturated heterocycles. The number of anilines is 1. The first-order valence-corrected chi connectivity index (χ1v) is 10.9. The predicted molar refractivity (Wildman–Crippen MR) is 126 cm³/mol. The monoisotopic (exact) mass is 487 g/mol. The maximum atomic E-state index is 13.3. The van der Waals surface area contributed by atoms with Gasteiger partial charge in [0.1, 0.15) is 17.2 Å². The quantitative estimate of drug-likeness (QED) is 0.408. The molecule has 2 aromatic carbocycles. The van der Waals surface area contributed by atoms with Crippen molar-refractivity contribution in [3.05, 3.63) is 79.4 Å². The van der Waals surface area contributed by atoms with Crippen LogP contribution in [0.2, 0.25) is 10.0 Å². The maximum Gasteiger partial charge on any atom is 0.337 e. The van der Waals surface area contributed by atoms with Crippen LogP contribution in [-0.2, 0) is 11.3 Å². The van der Waals surface area contributed by atoms with Gasteiger partial charge < -0.3 is 10.4 Å². The number of amides is 1. The fourth-order valence-corrected chi connectivity index (χ4v) is 4.73. The highest BCUT2D eigenvalue weighted by molar-refractivity contribution is 7.17. The van der Waals surface area contributed by atoms with Gasteiger partial charge in [0.2, 0.25) is 5.91 Å². The standard InChI is InChI=1S/C22H15Cl2N3O4S/c1-11-3-2-4-12(5-11)19-26-20-18(16(10-32-20)22(30)31)21(29)27(19)9-17(28)25-15-7-13(23)6-14(24)8-15/h2-8,10H,9H2,1H3,(H,25,28)(H,30,31). The molecule has 2 aromatic heterocycles. The maximum absolute atomic E-state index is 13.3. The van der Waals surface area contributed by atoms with E-state index in [9.17, 15) is 19.5 Å². The Hall–Kier alpha value is -3.20. The van der Waals surface area contributed by atoms with Gasteiger partial charge in [-0.25, -0.2) is 9.78 Å². The number of benzene rings is 2. The molecule has 0 atom stereocenters. The van der Waals surface area contributed by atoms with Crippen LogP contribution in [0.3, 0.4) is 0 Å². The van der Waals surface area contributed by atoms with Gasteiger partial charge in [0.15, 0.2) is 0 Å². The van der Waals surface area contributed by atoms with Crippen molar-refractivity contribution < 1.29 is 14.7 Å². The number of carbonyl (C=O) groups is 2. The lowest BCUT2D eigenvalue weighted by molar-refractivity contribution is -0.116. The number of hydrogen-bond donors (Lipinski definition) is 2. The summed E-state index contributed by atoms with van der Waals surface area (Å²) in [5.41, 5.74) is 1.19. The molecule has 4 aromatic rings. The molecular formula is C22H15Cl2N3O4S. The van der Waals surface area contributed by atoms with Crippen LogP contribution in [0.5, 0.6) is 0 Å². The Morgan fingerprint density at radius 3 is 2.53 bits per heavy atom. The molecule has 0 spiro atoms. The van der Waals surface area contributed by atoms with E-state index in [1.165, 1.54) is 28.1 Å². The summed E-state index contributed by atoms with van der Waals surface area (Å²) >= 11 is 13.0. The van der Waals surface area contributed by atoms with Crippen molar-refractivity contribution in [3.8, 4) is 11.4 Å². The summed E-state index contributed by atoms with van der Waals surface area (Å²) in [6, 6.07) is 11.9. The number of thiophene rings is 1. The average Bonchev–Trinajstić information content (AvgIpc) is 3.13. The Morgan fingerprint density at radius 1 is 1.16 bits per heavy atom. The molecule has 2 heterocycles. The number of aromatic nitrogens is 2. The molecule has 162 valence electrons. The number of carboxylic acids is 1. The molecule has 0 unspecified atom stereocenters. The van der Waals surface area contributed by atoms with Gasteiger partial charge in [-0.05, 0) is 31.2 Å². The van der Waals surface area contributed by atoms with Crippen LogP contribution < -0.4 is 10.9 Å². The third-order valence-corrected chi connectivity index (χ3v) is 5.96. The van der Waals surface area contributed by atoms with Crippen LogP contribution in [0.15, 0.2) is 52.6 Å². The minimum atomic E-state index is -1.23. The van der Waals surface area contributed by atoms with Crippen LogP contribution >= 0.6 is 34.5 Å². The van der Waals surface area contributed by atoms with Crippen LogP contribution in [0, 0.1) is 6.92 Å². The van der Waals surface area contributed by atoms with E-state index in [1.807, 2.05) is 25.1 Å². The third kappa shape index (κ3) is 4.38. The molecule has 2 N–H and O–H groups in total. The Kier molecular flexibility index (Phi) is 6.01. The van der Waals surface area contributed by atoms with Crippen molar-refractivity contribution in [2.24, 2.45) is 0 Å². The average molecular weight is 488 g/mol. The van der Waals surface area contributed by atoms with E-state index >= 15 is 0 Å². The van der Waals surface area contributed by atoms with Crippen molar-refractivity contribution in [1.29, 1.82) is 0 Å². The lowest BCUT2D eigenvalue weighted by atomic mass is 10.1. The van der Waals surface area contributed by atoms with Crippen molar-refractivity contribution >= 4 is 62.3 Å². The fourth-order valence-electron chi connectivity index (χ4n) is 3.30. The van der Waals surface area contributed by atoms with Gasteiger partial charge >= 0.3 is 5.97 Å². The van der Waals surface area contributed by atoms with Gasteiger partial charge in [-0.1, -0.05) is 47.0 Å². The smallest absolute Gasteiger partial charge is 0.337 e. The second kappa shape index (κ2) is 8.74. The predicted octanol–water partition coefficient (Wildman–Crippen LogP) is 5.08. The summed E-state index contributed by atoms with van der Waals surface area (Å²) in [5.74, 6) is -1.49. The largest absolute Gasteiger partial charge is 0.478 e. The van der Waals surface area contributed by atoms with E-state index in [-0.39, 0.29) is 23.3 Å². The number of halogens is 2. The van der Waals surface area contributed by atoms with Crippen molar-refractivity contribution in [2.45, 2.75) is 13.5 Å². The van der Waals surface area contributed by atoms with E-state index in [1.54, 1.807) is 6.07 Å². The minimum absolute atomic E-state index is 0.0301. The zero-order valence-electron chi connectivity index (χ0n) is 16.6. The van der Waals surface area contributed by atoms with E-state index in [0.29, 0.717) is 26.1 Å². The molecule has 1 amide bonds. The van der Waals surface area contributed by atoms with Gasteiger partial charge in [0.05, 0.1) is 10.9 Å². The van der Waals surface area contributed by atoms with Gasteiger partial charge in [0.25, 0.3) is 5.56 Å². The lowest BCUT2D eigenvalue weighted by Gasteiger charge is -2.14. The highest BCUT2D eigenvalue weighted by Crippen LogP contribution is 2.26. The number of carboxylic acid groups (broad SMARTS) is 1. The van der Waals surface area contributed by atoms with Gasteiger partial charge in [-0.2, -0.15) is 0 Å². The molecule has 32 heavy (non-hydrogen) atoms. The van der Waals surface area contributed by atoms with Crippen molar-refractivity contribution in [2.75, 3.05) is 5.32 Å². The van der Waals surface area contributed by atoms with E-state index < -0.39 is 17.4 Å². The SMILES string of the molecule is Cc1cccc(-c2nc3scc(C(=O)O)c3c(=O)n2CC(=O)Nc2cc(Cl)cc(Cl)c2)c1. The van der Waals surface area contributed by atoms with E-state index in [4.69, 9.17) is 23.2 Å². The zero-order valence-corrected chi connectivity index (χ0v) is 18.9. The number of fused-ring (bicyclic) bond motifs is 1. The van der Waals surface area contributed by atoms with Crippen LogP contribution in [0.25, 0.3) is 21.6 Å². The van der Waals surface area contributed by atoms with Crippen molar-refractivity contribution in [1.82, 2.24) is 9.55 Å². The molecule has 0 radical (unpaired) electrons. The first-order valence-electron chi connectivity index (χ1n) is 9.31. The molecule has 10 heteroatoms. The van der Waals surface area contributed by atoms with Crippen LogP contribution in [0.4, 0.5) is 5.69 Å². The van der Waals surface area contributed by atoms with Gasteiger partial charge in [-0.15, -0.1) is 11.3 Å². The summed E-state index contributed by atoms with van der Waals surface area (Å²) in [7, 11) is 0. The number of carbonyl (C=O) groups excluding carboxylic acids is 1. The normalized spacial score (nSPS) is 11.0. The number of nitrogens with zero attached hydrogens (tertiary/aromatic N) is 2. The second-order valence-electron chi connectivity index (χ2n) is 7.04. The molecule has 0 bridgehead atoms. The Bertz CT molecular complexity index is 1420. The number of rotatable bonds is 5. The molecule has 0 aliphatic carbocycles. The fraction of sp³-hybridized carbons (Fsp3) is 0.0909. The highest BCUT2D eigenvalue weighted by atomic mass is 35.5. The molecule has 0 fully saturated rings. The zero-order chi connectivity index (χ0) is 23.0. The van der Waals surface area contributed by atoms with E-state index in [2.05, 4.69) is 10.3 Å². The Labute approximate surface area is 195 Å². The van der Waals surface area contributed by atoms with Gasteiger partial charge in [0, 0.05) is 26.7 Å². The molecule has 0 saturated carbocycles. The number of aromatic carboxylic acids is 1. The summed E-state index contributed by atoms with van der Waals surface area (Å²) in [4.78, 5) is 42.6. The van der Waals surface area contributed by atoms with Crippen LogP contribution in [0.1, 0.15) is 15.9 Å². The summed E-state index contributed by atoms with van der Waals surface area (Å²) < 4.78 is 1.18. The highest BCUT2D eigenvalue weighted by Gasteiger charge is 2.21. The minimum Gasteiger partial charge on any atom is -0.478 e. The summed E-state index contributed by atoms with van der Waals surface area (Å²) in [5, 5.41) is 14.2. The Morgan fingerprint density at radius 2 is 1.88 bits per heavy atom. The number of nitrogens with one attached hydrogen (secondary N) is 1. The first kappa shape index (κ1) is 22.0. The second-order valence-corrected chi connectivity index (χ2v) is 8.77. The molecule has 0 aliphatic rings. The van der Waals surface area contributed by atoms with E-state index in [0.717, 1.165) is 16.9 Å². The molecular weight excluding hydrogens is 473 g/mol. The summed E-state index contributed by atoms with van der Waals surface area (Å²) in [6.07, 6.45) is 0. The Balaban J connectivity index is 1.83. The summed E-state index contributed by atoms with van der Waals surface area (Å²) in [6.45, 7) is 1.51. The molecule has 0 aliphatic heterocycles.